The Morgan fingerprint density at radius 2 is 1.71 bits per heavy atom. The lowest BCUT2D eigenvalue weighted by Crippen LogP contribution is -2.14. The van der Waals surface area contributed by atoms with Crippen molar-refractivity contribution in [1.29, 1.82) is 0 Å². The summed E-state index contributed by atoms with van der Waals surface area (Å²) in [6, 6.07) is 13.8. The largest absolute Gasteiger partial charge is 0.397 e. The minimum Gasteiger partial charge on any atom is -0.397 e. The second-order valence-electron chi connectivity index (χ2n) is 5.07. The highest BCUT2D eigenvalue weighted by molar-refractivity contribution is 7.92. The van der Waals surface area contributed by atoms with Crippen LogP contribution >= 0.6 is 0 Å². The molecule has 0 saturated carbocycles. The summed E-state index contributed by atoms with van der Waals surface area (Å²) in [5.41, 5.74) is 7.69. The van der Waals surface area contributed by atoms with Crippen LogP contribution in [0.15, 0.2) is 53.4 Å². The van der Waals surface area contributed by atoms with E-state index in [2.05, 4.69) is 18.6 Å². The number of benzene rings is 2. The highest BCUT2D eigenvalue weighted by atomic mass is 32.2. The van der Waals surface area contributed by atoms with Gasteiger partial charge in [0, 0.05) is 0 Å². The van der Waals surface area contributed by atoms with Crippen molar-refractivity contribution in [1.82, 2.24) is 0 Å². The number of nitrogens with two attached hydrogens (primary N) is 1. The zero-order valence-corrected chi connectivity index (χ0v) is 13.0. The second kappa shape index (κ2) is 6.18. The van der Waals surface area contributed by atoms with Gasteiger partial charge < -0.3 is 5.73 Å². The molecular weight excluding hydrogens is 284 g/mol. The maximum absolute atomic E-state index is 12.3. The monoisotopic (exact) mass is 304 g/mol. The first-order chi connectivity index (χ1) is 9.94. The van der Waals surface area contributed by atoms with Crippen molar-refractivity contribution < 1.29 is 8.42 Å². The van der Waals surface area contributed by atoms with Gasteiger partial charge in [-0.05, 0) is 42.2 Å². The molecule has 2 aromatic rings. The van der Waals surface area contributed by atoms with Crippen LogP contribution < -0.4 is 10.5 Å². The van der Waals surface area contributed by atoms with Crippen molar-refractivity contribution in [2.45, 2.75) is 31.1 Å². The summed E-state index contributed by atoms with van der Waals surface area (Å²) in [5.74, 6) is 0.416. The van der Waals surface area contributed by atoms with Gasteiger partial charge in [0.25, 0.3) is 10.0 Å². The average Bonchev–Trinajstić information content (AvgIpc) is 2.49. The highest BCUT2D eigenvalue weighted by Gasteiger charge is 2.15. The van der Waals surface area contributed by atoms with E-state index in [9.17, 15) is 8.42 Å². The molecule has 0 radical (unpaired) electrons. The molecule has 2 rings (SSSR count). The van der Waals surface area contributed by atoms with Gasteiger partial charge in [0.15, 0.2) is 0 Å². The van der Waals surface area contributed by atoms with Crippen LogP contribution in [0, 0.1) is 0 Å². The van der Waals surface area contributed by atoms with Crippen LogP contribution in [0.5, 0.6) is 0 Å². The van der Waals surface area contributed by atoms with Crippen LogP contribution in [-0.4, -0.2) is 8.42 Å². The summed E-state index contributed by atoms with van der Waals surface area (Å²) < 4.78 is 27.2. The molecule has 0 heterocycles. The molecule has 3 N–H and O–H groups in total. The zero-order valence-electron chi connectivity index (χ0n) is 12.2. The maximum atomic E-state index is 12.3. The van der Waals surface area contributed by atoms with E-state index < -0.39 is 10.0 Å². The fourth-order valence-corrected chi connectivity index (χ4v) is 3.09. The number of anilines is 2. The van der Waals surface area contributed by atoms with Crippen LogP contribution in [0.3, 0.4) is 0 Å². The van der Waals surface area contributed by atoms with E-state index in [1.54, 1.807) is 36.4 Å². The van der Waals surface area contributed by atoms with E-state index in [1.807, 2.05) is 12.1 Å². The second-order valence-corrected chi connectivity index (χ2v) is 6.75. The van der Waals surface area contributed by atoms with Gasteiger partial charge in [0.2, 0.25) is 0 Å². The van der Waals surface area contributed by atoms with E-state index in [0.717, 1.165) is 12.0 Å². The molecule has 4 nitrogen and oxygen atoms in total. The Balaban J connectivity index is 2.26. The van der Waals surface area contributed by atoms with Gasteiger partial charge in [-0.15, -0.1) is 0 Å². The van der Waals surface area contributed by atoms with Gasteiger partial charge in [-0.25, -0.2) is 8.42 Å². The average molecular weight is 304 g/mol. The number of hydrogen-bond donors (Lipinski definition) is 2. The van der Waals surface area contributed by atoms with Crippen LogP contribution in [-0.2, 0) is 10.0 Å². The number of para-hydroxylation sites is 2. The van der Waals surface area contributed by atoms with Crippen molar-refractivity contribution in [2.24, 2.45) is 0 Å². The van der Waals surface area contributed by atoms with Gasteiger partial charge in [-0.1, -0.05) is 38.1 Å². The highest BCUT2D eigenvalue weighted by Crippen LogP contribution is 2.24. The van der Waals surface area contributed by atoms with Gasteiger partial charge in [0.05, 0.1) is 16.3 Å². The molecular formula is C16H20N2O2S. The molecule has 0 fully saturated rings. The number of sulfonamides is 1. The van der Waals surface area contributed by atoms with Crippen molar-refractivity contribution in [3.05, 3.63) is 54.1 Å². The van der Waals surface area contributed by atoms with E-state index >= 15 is 0 Å². The van der Waals surface area contributed by atoms with Crippen LogP contribution in [0.4, 0.5) is 11.4 Å². The Labute approximate surface area is 126 Å². The smallest absolute Gasteiger partial charge is 0.261 e. The van der Waals surface area contributed by atoms with Crippen molar-refractivity contribution in [3.63, 3.8) is 0 Å². The SMILES string of the molecule is CCC(C)c1ccc(S(=O)(=O)Nc2ccccc2N)cc1. The summed E-state index contributed by atoms with van der Waals surface area (Å²) in [7, 11) is -3.62. The van der Waals surface area contributed by atoms with E-state index in [-0.39, 0.29) is 4.90 Å². The number of hydrogen-bond acceptors (Lipinski definition) is 3. The molecule has 0 amide bonds. The molecule has 112 valence electrons. The van der Waals surface area contributed by atoms with E-state index in [0.29, 0.717) is 17.3 Å². The maximum Gasteiger partial charge on any atom is 0.261 e. The van der Waals surface area contributed by atoms with Crippen molar-refractivity contribution >= 4 is 21.4 Å². The number of nitrogen functional groups attached to an aromatic ring is 1. The molecule has 0 aliphatic carbocycles. The summed E-state index contributed by atoms with van der Waals surface area (Å²) in [4.78, 5) is 0.234. The predicted octanol–water partition coefficient (Wildman–Crippen LogP) is 3.58. The molecule has 1 atom stereocenters. The first-order valence-electron chi connectivity index (χ1n) is 6.91. The fourth-order valence-electron chi connectivity index (χ4n) is 2.00. The van der Waals surface area contributed by atoms with Crippen molar-refractivity contribution in [3.8, 4) is 0 Å². The third-order valence-electron chi connectivity index (χ3n) is 3.58. The summed E-state index contributed by atoms with van der Waals surface area (Å²) in [6.45, 7) is 4.22. The third-order valence-corrected chi connectivity index (χ3v) is 4.96. The Kier molecular flexibility index (Phi) is 4.53. The Morgan fingerprint density at radius 3 is 2.29 bits per heavy atom. The summed E-state index contributed by atoms with van der Waals surface area (Å²) >= 11 is 0. The lowest BCUT2D eigenvalue weighted by molar-refractivity contribution is 0.601. The van der Waals surface area contributed by atoms with E-state index in [1.165, 1.54) is 0 Å². The Morgan fingerprint density at radius 1 is 1.10 bits per heavy atom. The van der Waals surface area contributed by atoms with Crippen LogP contribution in [0.2, 0.25) is 0 Å². The molecule has 1 unspecified atom stereocenters. The van der Waals surface area contributed by atoms with E-state index in [4.69, 9.17) is 5.73 Å². The molecule has 0 aliphatic heterocycles. The molecule has 0 aromatic heterocycles. The molecule has 0 aliphatic rings. The Bertz CT molecular complexity index is 709. The van der Waals surface area contributed by atoms with Crippen molar-refractivity contribution in [2.75, 3.05) is 10.5 Å². The molecule has 0 bridgehead atoms. The van der Waals surface area contributed by atoms with Gasteiger partial charge in [-0.2, -0.15) is 0 Å². The zero-order chi connectivity index (χ0) is 15.5. The minimum absolute atomic E-state index is 0.234. The van der Waals surface area contributed by atoms with Gasteiger partial charge >= 0.3 is 0 Å². The molecule has 5 heteroatoms. The lowest BCUT2D eigenvalue weighted by atomic mass is 9.99. The lowest BCUT2D eigenvalue weighted by Gasteiger charge is -2.12. The fraction of sp³-hybridized carbons (Fsp3) is 0.250. The Hall–Kier alpha value is -2.01. The minimum atomic E-state index is -3.62. The third kappa shape index (κ3) is 3.55. The number of rotatable bonds is 5. The number of nitrogens with one attached hydrogen (secondary N) is 1. The standard InChI is InChI=1S/C16H20N2O2S/c1-3-12(2)13-8-10-14(11-9-13)21(19,20)18-16-7-5-4-6-15(16)17/h4-12,18H,3,17H2,1-2H3. The first-order valence-corrected chi connectivity index (χ1v) is 8.39. The molecule has 2 aromatic carbocycles. The summed E-state index contributed by atoms with van der Waals surface area (Å²) in [5, 5.41) is 0. The summed E-state index contributed by atoms with van der Waals surface area (Å²) in [6.07, 6.45) is 1.02. The van der Waals surface area contributed by atoms with Gasteiger partial charge in [-0.3, -0.25) is 4.72 Å². The van der Waals surface area contributed by atoms with Crippen LogP contribution in [0.25, 0.3) is 0 Å². The molecule has 0 saturated heterocycles. The first kappa shape index (κ1) is 15.4. The predicted molar refractivity (Wildman–Crippen MR) is 86.8 cm³/mol. The quantitative estimate of drug-likeness (QED) is 0.829. The topological polar surface area (TPSA) is 72.2 Å². The molecule has 21 heavy (non-hydrogen) atoms. The normalized spacial score (nSPS) is 12.9. The van der Waals surface area contributed by atoms with Crippen LogP contribution in [0.1, 0.15) is 31.7 Å². The van der Waals surface area contributed by atoms with Gasteiger partial charge in [0.1, 0.15) is 0 Å². The molecule has 0 spiro atoms.